The number of hydrogen-bond acceptors (Lipinski definition) is 4. The minimum absolute atomic E-state index is 0.233. The van der Waals surface area contributed by atoms with Gasteiger partial charge in [-0.1, -0.05) is 0 Å². The SMILES string of the molecule is Nc1ncccc1C(=O)Nc1ccc2sccc2c1. The second-order valence-electron chi connectivity index (χ2n) is 4.06. The van der Waals surface area contributed by atoms with Gasteiger partial charge in [0.05, 0.1) is 5.56 Å². The number of fused-ring (bicyclic) bond motifs is 1. The highest BCUT2D eigenvalue weighted by molar-refractivity contribution is 7.17. The molecule has 5 heteroatoms. The van der Waals surface area contributed by atoms with Gasteiger partial charge in [-0.2, -0.15) is 0 Å². The van der Waals surface area contributed by atoms with E-state index in [4.69, 9.17) is 5.73 Å². The Hall–Kier alpha value is -2.40. The van der Waals surface area contributed by atoms with Crippen LogP contribution in [0.25, 0.3) is 10.1 Å². The third-order valence-corrected chi connectivity index (χ3v) is 3.69. The molecule has 19 heavy (non-hydrogen) atoms. The maximum Gasteiger partial charge on any atom is 0.259 e. The van der Waals surface area contributed by atoms with Gasteiger partial charge in [0.2, 0.25) is 0 Å². The van der Waals surface area contributed by atoms with E-state index in [0.717, 1.165) is 11.1 Å². The summed E-state index contributed by atoms with van der Waals surface area (Å²) >= 11 is 1.67. The lowest BCUT2D eigenvalue weighted by Gasteiger charge is -2.06. The Labute approximate surface area is 113 Å². The predicted molar refractivity (Wildman–Crippen MR) is 78.4 cm³/mol. The molecule has 94 valence electrons. The summed E-state index contributed by atoms with van der Waals surface area (Å²) in [5.41, 5.74) is 6.81. The molecular formula is C14H11N3OS. The molecule has 1 amide bonds. The fourth-order valence-corrected chi connectivity index (χ4v) is 2.62. The van der Waals surface area contributed by atoms with Crippen molar-refractivity contribution in [3.8, 4) is 0 Å². The number of carbonyl (C=O) groups is 1. The summed E-state index contributed by atoms with van der Waals surface area (Å²) in [6, 6.07) is 11.2. The molecule has 0 aliphatic rings. The largest absolute Gasteiger partial charge is 0.383 e. The number of nitrogen functional groups attached to an aromatic ring is 1. The van der Waals surface area contributed by atoms with Gasteiger partial charge in [0, 0.05) is 16.6 Å². The third kappa shape index (κ3) is 2.28. The maximum absolute atomic E-state index is 12.1. The van der Waals surface area contributed by atoms with Crippen LogP contribution in [0.3, 0.4) is 0 Å². The fraction of sp³-hybridized carbons (Fsp3) is 0. The van der Waals surface area contributed by atoms with E-state index in [1.54, 1.807) is 29.7 Å². The summed E-state index contributed by atoms with van der Waals surface area (Å²) in [7, 11) is 0. The number of aromatic nitrogens is 1. The van der Waals surface area contributed by atoms with Crippen LogP contribution >= 0.6 is 11.3 Å². The average Bonchev–Trinajstić information content (AvgIpc) is 2.86. The molecule has 0 spiro atoms. The van der Waals surface area contributed by atoms with Crippen LogP contribution in [0.15, 0.2) is 48.0 Å². The Balaban J connectivity index is 1.88. The van der Waals surface area contributed by atoms with Crippen molar-refractivity contribution < 1.29 is 4.79 Å². The number of nitrogens with two attached hydrogens (primary N) is 1. The Morgan fingerprint density at radius 1 is 1.26 bits per heavy atom. The molecule has 2 heterocycles. The lowest BCUT2D eigenvalue weighted by molar-refractivity contribution is 0.102. The topological polar surface area (TPSA) is 68.0 Å². The molecule has 3 N–H and O–H groups in total. The van der Waals surface area contributed by atoms with Crippen molar-refractivity contribution >= 4 is 38.8 Å². The van der Waals surface area contributed by atoms with Gasteiger partial charge in [-0.05, 0) is 47.2 Å². The van der Waals surface area contributed by atoms with E-state index >= 15 is 0 Å². The first kappa shape index (κ1) is 11.7. The number of rotatable bonds is 2. The standard InChI is InChI=1S/C14H11N3OS/c15-13-11(2-1-6-16-13)14(18)17-10-3-4-12-9(8-10)5-7-19-12/h1-8H,(H2,15,16)(H,17,18). The summed E-state index contributed by atoms with van der Waals surface area (Å²) in [5.74, 6) is -0.0169. The number of benzene rings is 1. The molecule has 0 radical (unpaired) electrons. The summed E-state index contributed by atoms with van der Waals surface area (Å²) in [6.07, 6.45) is 1.56. The number of anilines is 2. The van der Waals surface area contributed by atoms with Gasteiger partial charge in [-0.25, -0.2) is 4.98 Å². The van der Waals surface area contributed by atoms with Gasteiger partial charge in [0.25, 0.3) is 5.91 Å². The molecule has 3 rings (SSSR count). The van der Waals surface area contributed by atoms with E-state index in [2.05, 4.69) is 10.3 Å². The summed E-state index contributed by atoms with van der Waals surface area (Å²) in [4.78, 5) is 16.0. The molecule has 0 bridgehead atoms. The third-order valence-electron chi connectivity index (χ3n) is 2.79. The van der Waals surface area contributed by atoms with Crippen LogP contribution in [0.4, 0.5) is 11.5 Å². The van der Waals surface area contributed by atoms with Crippen molar-refractivity contribution in [1.29, 1.82) is 0 Å². The second-order valence-corrected chi connectivity index (χ2v) is 5.01. The van der Waals surface area contributed by atoms with E-state index in [0.29, 0.717) is 5.56 Å². The summed E-state index contributed by atoms with van der Waals surface area (Å²) in [6.45, 7) is 0. The quantitative estimate of drug-likeness (QED) is 0.751. The lowest BCUT2D eigenvalue weighted by atomic mass is 10.2. The van der Waals surface area contributed by atoms with Crippen molar-refractivity contribution in [1.82, 2.24) is 4.98 Å². The predicted octanol–water partition coefficient (Wildman–Crippen LogP) is 3.13. The van der Waals surface area contributed by atoms with E-state index in [1.807, 2.05) is 29.6 Å². The Morgan fingerprint density at radius 3 is 3.00 bits per heavy atom. The zero-order valence-corrected chi connectivity index (χ0v) is 10.8. The molecule has 4 nitrogen and oxygen atoms in total. The Bertz CT molecular complexity index is 751. The van der Waals surface area contributed by atoms with E-state index in [-0.39, 0.29) is 11.7 Å². The summed E-state index contributed by atoms with van der Waals surface area (Å²) < 4.78 is 1.19. The number of hydrogen-bond donors (Lipinski definition) is 2. The van der Waals surface area contributed by atoms with Crippen LogP contribution in [0.1, 0.15) is 10.4 Å². The van der Waals surface area contributed by atoms with Crippen LogP contribution in [-0.4, -0.2) is 10.9 Å². The van der Waals surface area contributed by atoms with Crippen molar-refractivity contribution in [3.05, 3.63) is 53.5 Å². The van der Waals surface area contributed by atoms with E-state index in [1.165, 1.54) is 4.70 Å². The van der Waals surface area contributed by atoms with Gasteiger partial charge in [0.1, 0.15) is 5.82 Å². The number of pyridine rings is 1. The van der Waals surface area contributed by atoms with Crippen molar-refractivity contribution in [2.75, 3.05) is 11.1 Å². The van der Waals surface area contributed by atoms with Crippen LogP contribution < -0.4 is 11.1 Å². The molecule has 0 saturated heterocycles. The molecule has 0 atom stereocenters. The number of nitrogens with one attached hydrogen (secondary N) is 1. The van der Waals surface area contributed by atoms with Gasteiger partial charge >= 0.3 is 0 Å². The zero-order chi connectivity index (χ0) is 13.2. The summed E-state index contributed by atoms with van der Waals surface area (Å²) in [5, 5.41) is 5.96. The number of nitrogens with zero attached hydrogens (tertiary/aromatic N) is 1. The van der Waals surface area contributed by atoms with Crippen LogP contribution in [0.2, 0.25) is 0 Å². The molecule has 2 aromatic heterocycles. The first-order valence-electron chi connectivity index (χ1n) is 5.73. The molecule has 3 aromatic rings. The monoisotopic (exact) mass is 269 g/mol. The van der Waals surface area contributed by atoms with Crippen LogP contribution in [-0.2, 0) is 0 Å². The molecule has 0 saturated carbocycles. The highest BCUT2D eigenvalue weighted by atomic mass is 32.1. The highest BCUT2D eigenvalue weighted by Gasteiger charge is 2.10. The van der Waals surface area contributed by atoms with Gasteiger partial charge < -0.3 is 11.1 Å². The highest BCUT2D eigenvalue weighted by Crippen LogP contribution is 2.24. The Morgan fingerprint density at radius 2 is 2.16 bits per heavy atom. The fourth-order valence-electron chi connectivity index (χ4n) is 1.85. The molecule has 0 aliphatic heterocycles. The number of amides is 1. The van der Waals surface area contributed by atoms with Gasteiger partial charge in [0.15, 0.2) is 0 Å². The van der Waals surface area contributed by atoms with Crippen molar-refractivity contribution in [2.45, 2.75) is 0 Å². The normalized spacial score (nSPS) is 10.5. The minimum Gasteiger partial charge on any atom is -0.383 e. The molecule has 0 unspecified atom stereocenters. The van der Waals surface area contributed by atoms with Crippen LogP contribution in [0, 0.1) is 0 Å². The second kappa shape index (κ2) is 4.70. The van der Waals surface area contributed by atoms with Crippen LogP contribution in [0.5, 0.6) is 0 Å². The average molecular weight is 269 g/mol. The van der Waals surface area contributed by atoms with Crippen molar-refractivity contribution in [2.24, 2.45) is 0 Å². The lowest BCUT2D eigenvalue weighted by Crippen LogP contribution is -2.14. The molecule has 1 aromatic carbocycles. The number of carbonyl (C=O) groups excluding carboxylic acids is 1. The smallest absolute Gasteiger partial charge is 0.259 e. The first-order valence-corrected chi connectivity index (χ1v) is 6.61. The van der Waals surface area contributed by atoms with E-state index in [9.17, 15) is 4.79 Å². The zero-order valence-electron chi connectivity index (χ0n) is 9.96. The minimum atomic E-state index is -0.250. The van der Waals surface area contributed by atoms with Gasteiger partial charge in [-0.3, -0.25) is 4.79 Å². The molecule has 0 fully saturated rings. The van der Waals surface area contributed by atoms with Crippen molar-refractivity contribution in [3.63, 3.8) is 0 Å². The van der Waals surface area contributed by atoms with Gasteiger partial charge in [-0.15, -0.1) is 11.3 Å². The van der Waals surface area contributed by atoms with E-state index < -0.39 is 0 Å². The first-order chi connectivity index (χ1) is 9.24. The number of thiophene rings is 1. The molecular weight excluding hydrogens is 258 g/mol. The maximum atomic E-state index is 12.1. The molecule has 0 aliphatic carbocycles. The Kier molecular flexibility index (Phi) is 2.89.